The fraction of sp³-hybridized carbons (Fsp3) is 1.00. The monoisotopic (exact) mass is 211 g/mol. The molecule has 0 saturated heterocycles. The lowest BCUT2D eigenvalue weighted by Crippen LogP contribution is -2.39. The molecule has 0 heterocycles. The van der Waals surface area contributed by atoms with E-state index in [0.717, 1.165) is 18.4 Å². The summed E-state index contributed by atoms with van der Waals surface area (Å²) in [6.45, 7) is 3.16. The SMILES string of the molecule is CCC1CCCC(OC2CC(CN)C2)C1. The van der Waals surface area contributed by atoms with Gasteiger partial charge in [0.2, 0.25) is 0 Å². The van der Waals surface area contributed by atoms with Crippen molar-refractivity contribution in [2.24, 2.45) is 17.6 Å². The lowest BCUT2D eigenvalue weighted by molar-refractivity contribution is -0.0917. The molecule has 2 atom stereocenters. The van der Waals surface area contributed by atoms with Crippen LogP contribution >= 0.6 is 0 Å². The molecule has 0 aromatic rings. The van der Waals surface area contributed by atoms with Gasteiger partial charge in [-0.1, -0.05) is 26.2 Å². The van der Waals surface area contributed by atoms with E-state index in [2.05, 4.69) is 6.92 Å². The molecule has 15 heavy (non-hydrogen) atoms. The Kier molecular flexibility index (Phi) is 4.04. The quantitative estimate of drug-likeness (QED) is 0.776. The Morgan fingerprint density at radius 3 is 2.47 bits per heavy atom. The predicted molar refractivity (Wildman–Crippen MR) is 62.7 cm³/mol. The summed E-state index contributed by atoms with van der Waals surface area (Å²) in [6.07, 6.45) is 10.2. The first kappa shape index (κ1) is 11.4. The third-order valence-corrected chi connectivity index (χ3v) is 4.22. The number of nitrogens with two attached hydrogens (primary N) is 1. The van der Waals surface area contributed by atoms with E-state index < -0.39 is 0 Å². The summed E-state index contributed by atoms with van der Waals surface area (Å²) < 4.78 is 6.14. The number of ether oxygens (including phenoxy) is 1. The van der Waals surface area contributed by atoms with Crippen LogP contribution in [0.4, 0.5) is 0 Å². The number of hydrogen-bond donors (Lipinski definition) is 1. The molecule has 2 aliphatic carbocycles. The van der Waals surface area contributed by atoms with Gasteiger partial charge in [0.1, 0.15) is 0 Å². The van der Waals surface area contributed by atoms with Crippen LogP contribution in [-0.2, 0) is 4.74 Å². The van der Waals surface area contributed by atoms with E-state index in [1.54, 1.807) is 0 Å². The summed E-state index contributed by atoms with van der Waals surface area (Å²) in [5, 5.41) is 0. The van der Waals surface area contributed by atoms with Crippen LogP contribution in [0.3, 0.4) is 0 Å². The first-order chi connectivity index (χ1) is 7.31. The van der Waals surface area contributed by atoms with Gasteiger partial charge in [-0.25, -0.2) is 0 Å². The van der Waals surface area contributed by atoms with Crippen molar-refractivity contribution in [1.29, 1.82) is 0 Å². The molecule has 0 spiro atoms. The highest BCUT2D eigenvalue weighted by molar-refractivity contribution is 4.83. The maximum absolute atomic E-state index is 6.14. The molecule has 2 unspecified atom stereocenters. The van der Waals surface area contributed by atoms with Gasteiger partial charge >= 0.3 is 0 Å². The Balaban J connectivity index is 1.66. The Labute approximate surface area is 93.6 Å². The third kappa shape index (κ3) is 2.94. The molecule has 0 aromatic carbocycles. The highest BCUT2D eigenvalue weighted by Crippen LogP contribution is 2.34. The highest BCUT2D eigenvalue weighted by Gasteiger charge is 2.32. The second-order valence-electron chi connectivity index (χ2n) is 5.39. The fourth-order valence-electron chi connectivity index (χ4n) is 2.99. The maximum Gasteiger partial charge on any atom is 0.0585 e. The number of rotatable bonds is 4. The van der Waals surface area contributed by atoms with Gasteiger partial charge in [0.15, 0.2) is 0 Å². The van der Waals surface area contributed by atoms with Gasteiger partial charge in [0.05, 0.1) is 12.2 Å². The molecule has 88 valence electrons. The minimum absolute atomic E-state index is 0.541. The number of hydrogen-bond acceptors (Lipinski definition) is 2. The summed E-state index contributed by atoms with van der Waals surface area (Å²) >= 11 is 0. The van der Waals surface area contributed by atoms with Crippen molar-refractivity contribution in [1.82, 2.24) is 0 Å². The molecule has 0 bridgehead atoms. The van der Waals surface area contributed by atoms with Gasteiger partial charge in [0.25, 0.3) is 0 Å². The van der Waals surface area contributed by atoms with E-state index in [0.29, 0.717) is 12.2 Å². The van der Waals surface area contributed by atoms with Gasteiger partial charge in [0, 0.05) is 0 Å². The first-order valence-corrected chi connectivity index (χ1v) is 6.67. The minimum Gasteiger partial charge on any atom is -0.375 e. The zero-order valence-corrected chi connectivity index (χ0v) is 9.95. The molecule has 2 rings (SSSR count). The first-order valence-electron chi connectivity index (χ1n) is 6.67. The molecule has 2 heteroatoms. The zero-order valence-electron chi connectivity index (χ0n) is 9.95. The van der Waals surface area contributed by atoms with Crippen LogP contribution < -0.4 is 5.73 Å². The largest absolute Gasteiger partial charge is 0.375 e. The molecule has 2 nitrogen and oxygen atoms in total. The van der Waals surface area contributed by atoms with Crippen LogP contribution in [0, 0.1) is 11.8 Å². The average molecular weight is 211 g/mol. The van der Waals surface area contributed by atoms with E-state index in [1.165, 1.54) is 44.9 Å². The van der Waals surface area contributed by atoms with Crippen molar-refractivity contribution in [3.8, 4) is 0 Å². The molecule has 0 amide bonds. The molecule has 2 N–H and O–H groups in total. The van der Waals surface area contributed by atoms with E-state index in [4.69, 9.17) is 10.5 Å². The second kappa shape index (κ2) is 5.31. The minimum atomic E-state index is 0.541. The van der Waals surface area contributed by atoms with Crippen LogP contribution in [0.1, 0.15) is 51.9 Å². The summed E-state index contributed by atoms with van der Waals surface area (Å²) in [4.78, 5) is 0. The Hall–Kier alpha value is -0.0800. The van der Waals surface area contributed by atoms with Gasteiger partial charge in [-0.05, 0) is 44.1 Å². The smallest absolute Gasteiger partial charge is 0.0585 e. The van der Waals surface area contributed by atoms with E-state index in [9.17, 15) is 0 Å². The summed E-state index contributed by atoms with van der Waals surface area (Å²) in [5.74, 6) is 1.68. The normalized spacial score (nSPS) is 41.2. The van der Waals surface area contributed by atoms with Crippen LogP contribution in [-0.4, -0.2) is 18.8 Å². The van der Waals surface area contributed by atoms with E-state index in [-0.39, 0.29) is 0 Å². The van der Waals surface area contributed by atoms with Crippen molar-refractivity contribution in [2.45, 2.75) is 64.1 Å². The second-order valence-corrected chi connectivity index (χ2v) is 5.39. The fourth-order valence-corrected chi connectivity index (χ4v) is 2.99. The van der Waals surface area contributed by atoms with Gasteiger partial charge in [-0.3, -0.25) is 0 Å². The van der Waals surface area contributed by atoms with Crippen LogP contribution in [0.5, 0.6) is 0 Å². The average Bonchev–Trinajstić information content (AvgIpc) is 2.23. The van der Waals surface area contributed by atoms with Crippen molar-refractivity contribution in [3.63, 3.8) is 0 Å². The standard InChI is InChI=1S/C13H25NO/c1-2-10-4-3-5-12(6-10)15-13-7-11(8-13)9-14/h10-13H,2-9,14H2,1H3. The molecule has 0 aliphatic heterocycles. The van der Waals surface area contributed by atoms with Gasteiger partial charge < -0.3 is 10.5 Å². The van der Waals surface area contributed by atoms with Crippen molar-refractivity contribution >= 4 is 0 Å². The van der Waals surface area contributed by atoms with Crippen LogP contribution in [0.2, 0.25) is 0 Å². The third-order valence-electron chi connectivity index (χ3n) is 4.22. The molecular weight excluding hydrogens is 186 g/mol. The molecular formula is C13H25NO. The van der Waals surface area contributed by atoms with Crippen molar-refractivity contribution < 1.29 is 4.74 Å². The Bertz CT molecular complexity index is 189. The topological polar surface area (TPSA) is 35.2 Å². The summed E-state index contributed by atoms with van der Waals surface area (Å²) in [7, 11) is 0. The van der Waals surface area contributed by atoms with E-state index in [1.807, 2.05) is 0 Å². The lowest BCUT2D eigenvalue weighted by atomic mass is 9.81. The Morgan fingerprint density at radius 1 is 1.07 bits per heavy atom. The molecule has 2 fully saturated rings. The van der Waals surface area contributed by atoms with Crippen LogP contribution in [0.15, 0.2) is 0 Å². The highest BCUT2D eigenvalue weighted by atomic mass is 16.5. The summed E-state index contributed by atoms with van der Waals surface area (Å²) in [5.41, 5.74) is 5.62. The molecule has 0 radical (unpaired) electrons. The molecule has 2 aliphatic rings. The molecule has 0 aromatic heterocycles. The molecule has 2 saturated carbocycles. The van der Waals surface area contributed by atoms with Crippen LogP contribution in [0.25, 0.3) is 0 Å². The van der Waals surface area contributed by atoms with Crippen molar-refractivity contribution in [3.05, 3.63) is 0 Å². The van der Waals surface area contributed by atoms with Gasteiger partial charge in [-0.2, -0.15) is 0 Å². The van der Waals surface area contributed by atoms with Crippen molar-refractivity contribution in [2.75, 3.05) is 6.54 Å². The predicted octanol–water partition coefficient (Wildman–Crippen LogP) is 2.71. The van der Waals surface area contributed by atoms with Gasteiger partial charge in [-0.15, -0.1) is 0 Å². The zero-order chi connectivity index (χ0) is 10.7. The Morgan fingerprint density at radius 2 is 1.80 bits per heavy atom. The van der Waals surface area contributed by atoms with E-state index >= 15 is 0 Å². The maximum atomic E-state index is 6.14. The lowest BCUT2D eigenvalue weighted by Gasteiger charge is -2.39. The summed E-state index contributed by atoms with van der Waals surface area (Å²) in [6, 6.07) is 0.